The lowest BCUT2D eigenvalue weighted by molar-refractivity contribution is -0.129. The van der Waals surface area contributed by atoms with Gasteiger partial charge in [0.15, 0.2) is 0 Å². The summed E-state index contributed by atoms with van der Waals surface area (Å²) in [6.07, 6.45) is 0. The Morgan fingerprint density at radius 1 is 1.33 bits per heavy atom. The summed E-state index contributed by atoms with van der Waals surface area (Å²) in [6.45, 7) is 1.86. The van der Waals surface area contributed by atoms with Gasteiger partial charge in [-0.3, -0.25) is 4.79 Å². The molecule has 0 aliphatic rings. The molecule has 0 saturated carbocycles. The van der Waals surface area contributed by atoms with Gasteiger partial charge < -0.3 is 10.2 Å². The first-order valence-corrected chi connectivity index (χ1v) is 5.82. The molecular weight excluding hydrogens is 303 g/mol. The Morgan fingerprint density at radius 3 is 2.33 bits per heavy atom. The highest BCUT2D eigenvalue weighted by Gasteiger charge is 2.13. The minimum Gasteiger partial charge on any atom is -0.374 e. The highest BCUT2D eigenvalue weighted by molar-refractivity contribution is 14.1. The van der Waals surface area contributed by atoms with E-state index in [1.54, 1.807) is 19.0 Å². The van der Waals surface area contributed by atoms with Gasteiger partial charge in [0.2, 0.25) is 5.91 Å². The predicted molar refractivity (Wildman–Crippen MR) is 70.9 cm³/mol. The highest BCUT2D eigenvalue weighted by atomic mass is 127. The Hall–Kier alpha value is -0.780. The lowest BCUT2D eigenvalue weighted by Crippen LogP contribution is -2.36. The molecule has 0 spiro atoms. The Bertz CT molecular complexity index is 335. The van der Waals surface area contributed by atoms with Crippen molar-refractivity contribution in [1.82, 2.24) is 4.90 Å². The average Bonchev–Trinajstić information content (AvgIpc) is 2.20. The van der Waals surface area contributed by atoms with Crippen LogP contribution in [-0.4, -0.2) is 30.9 Å². The van der Waals surface area contributed by atoms with Gasteiger partial charge in [0.25, 0.3) is 0 Å². The van der Waals surface area contributed by atoms with Gasteiger partial charge in [-0.15, -0.1) is 0 Å². The van der Waals surface area contributed by atoms with Crippen LogP contribution in [0.4, 0.5) is 5.69 Å². The summed E-state index contributed by atoms with van der Waals surface area (Å²) in [5.74, 6) is 0.0774. The highest BCUT2D eigenvalue weighted by Crippen LogP contribution is 2.12. The summed E-state index contributed by atoms with van der Waals surface area (Å²) in [7, 11) is 3.52. The minimum absolute atomic E-state index is 0.0774. The number of hydrogen-bond acceptors (Lipinski definition) is 2. The van der Waals surface area contributed by atoms with E-state index in [4.69, 9.17) is 0 Å². The van der Waals surface area contributed by atoms with E-state index in [9.17, 15) is 4.79 Å². The molecule has 0 bridgehead atoms. The smallest absolute Gasteiger partial charge is 0.244 e. The zero-order valence-corrected chi connectivity index (χ0v) is 11.3. The van der Waals surface area contributed by atoms with Crippen LogP contribution in [0.3, 0.4) is 0 Å². The molecule has 1 aromatic carbocycles. The fourth-order valence-corrected chi connectivity index (χ4v) is 1.60. The zero-order valence-electron chi connectivity index (χ0n) is 9.12. The summed E-state index contributed by atoms with van der Waals surface area (Å²) in [4.78, 5) is 13.2. The second-order valence-corrected chi connectivity index (χ2v) is 4.85. The standard InChI is InChI=1S/C11H15IN2O/c1-8(11(15)14(2)3)13-10-6-4-9(12)5-7-10/h4-8,13H,1-3H3. The molecule has 4 heteroatoms. The number of nitrogens with zero attached hydrogens (tertiary/aromatic N) is 1. The van der Waals surface area contributed by atoms with Crippen LogP contribution in [-0.2, 0) is 4.79 Å². The molecule has 1 unspecified atom stereocenters. The molecular formula is C11H15IN2O. The van der Waals surface area contributed by atoms with Crippen LogP contribution in [0.25, 0.3) is 0 Å². The molecule has 1 N–H and O–H groups in total. The summed E-state index contributed by atoms with van der Waals surface area (Å²) >= 11 is 2.25. The maximum Gasteiger partial charge on any atom is 0.244 e. The molecule has 3 nitrogen and oxygen atoms in total. The maximum absolute atomic E-state index is 11.6. The van der Waals surface area contributed by atoms with Gasteiger partial charge in [-0.2, -0.15) is 0 Å². The van der Waals surface area contributed by atoms with Gasteiger partial charge in [-0.1, -0.05) is 0 Å². The average molecular weight is 318 g/mol. The van der Waals surface area contributed by atoms with Gasteiger partial charge in [0.05, 0.1) is 0 Å². The lowest BCUT2D eigenvalue weighted by Gasteiger charge is -2.18. The molecule has 0 aliphatic carbocycles. The van der Waals surface area contributed by atoms with Crippen molar-refractivity contribution >= 4 is 34.2 Å². The Labute approximate surface area is 104 Å². The van der Waals surface area contributed by atoms with E-state index >= 15 is 0 Å². The molecule has 0 fully saturated rings. The SMILES string of the molecule is CC(Nc1ccc(I)cc1)C(=O)N(C)C. The number of hydrogen-bond donors (Lipinski definition) is 1. The molecule has 1 atom stereocenters. The van der Waals surface area contributed by atoms with Gasteiger partial charge in [-0.05, 0) is 53.8 Å². The van der Waals surface area contributed by atoms with Crippen molar-refractivity contribution in [3.8, 4) is 0 Å². The lowest BCUT2D eigenvalue weighted by atomic mass is 10.2. The monoisotopic (exact) mass is 318 g/mol. The van der Waals surface area contributed by atoms with E-state index in [0.29, 0.717) is 0 Å². The van der Waals surface area contributed by atoms with Crippen LogP contribution in [0.15, 0.2) is 24.3 Å². The van der Waals surface area contributed by atoms with Crippen LogP contribution in [0.1, 0.15) is 6.92 Å². The van der Waals surface area contributed by atoms with Gasteiger partial charge >= 0.3 is 0 Å². The number of likely N-dealkylation sites (N-methyl/N-ethyl adjacent to an activating group) is 1. The molecule has 0 heterocycles. The molecule has 0 aromatic heterocycles. The van der Waals surface area contributed by atoms with Crippen molar-refractivity contribution in [3.63, 3.8) is 0 Å². The first-order chi connectivity index (χ1) is 7.00. The molecule has 15 heavy (non-hydrogen) atoms. The summed E-state index contributed by atoms with van der Waals surface area (Å²) in [6, 6.07) is 7.77. The number of amides is 1. The van der Waals surface area contributed by atoms with Gasteiger partial charge in [-0.25, -0.2) is 0 Å². The zero-order chi connectivity index (χ0) is 11.4. The Kier molecular flexibility index (Phi) is 4.38. The summed E-state index contributed by atoms with van der Waals surface area (Å²) < 4.78 is 1.18. The third-order valence-electron chi connectivity index (χ3n) is 2.04. The first-order valence-electron chi connectivity index (χ1n) is 4.74. The Morgan fingerprint density at radius 2 is 1.87 bits per heavy atom. The molecule has 1 aromatic rings. The van der Waals surface area contributed by atoms with Crippen molar-refractivity contribution in [1.29, 1.82) is 0 Å². The largest absolute Gasteiger partial charge is 0.374 e. The van der Waals surface area contributed by atoms with Crippen molar-refractivity contribution in [2.75, 3.05) is 19.4 Å². The first kappa shape index (κ1) is 12.3. The molecule has 82 valence electrons. The summed E-state index contributed by atoms with van der Waals surface area (Å²) in [5.41, 5.74) is 0.970. The van der Waals surface area contributed by atoms with Crippen LogP contribution >= 0.6 is 22.6 Å². The fraction of sp³-hybridized carbons (Fsp3) is 0.364. The number of benzene rings is 1. The van der Waals surface area contributed by atoms with E-state index in [1.165, 1.54) is 3.57 Å². The van der Waals surface area contributed by atoms with Crippen molar-refractivity contribution < 1.29 is 4.79 Å². The molecule has 0 aliphatic heterocycles. The van der Waals surface area contributed by atoms with E-state index in [1.807, 2.05) is 31.2 Å². The van der Waals surface area contributed by atoms with Gasteiger partial charge in [0.1, 0.15) is 6.04 Å². The number of carbonyl (C=O) groups is 1. The third-order valence-corrected chi connectivity index (χ3v) is 2.76. The number of rotatable bonds is 3. The third kappa shape index (κ3) is 3.70. The predicted octanol–water partition coefficient (Wildman–Crippen LogP) is 2.18. The van der Waals surface area contributed by atoms with Crippen molar-refractivity contribution in [2.45, 2.75) is 13.0 Å². The second kappa shape index (κ2) is 5.34. The van der Waals surface area contributed by atoms with E-state index in [0.717, 1.165) is 5.69 Å². The fourth-order valence-electron chi connectivity index (χ4n) is 1.25. The van der Waals surface area contributed by atoms with E-state index in [-0.39, 0.29) is 11.9 Å². The summed E-state index contributed by atoms with van der Waals surface area (Å²) in [5, 5.41) is 3.16. The number of halogens is 1. The molecule has 1 rings (SSSR count). The van der Waals surface area contributed by atoms with Crippen molar-refractivity contribution in [3.05, 3.63) is 27.8 Å². The Balaban J connectivity index is 2.62. The molecule has 0 saturated heterocycles. The maximum atomic E-state index is 11.6. The van der Waals surface area contributed by atoms with Crippen LogP contribution in [0.2, 0.25) is 0 Å². The number of anilines is 1. The topological polar surface area (TPSA) is 32.3 Å². The van der Waals surface area contributed by atoms with Crippen molar-refractivity contribution in [2.24, 2.45) is 0 Å². The van der Waals surface area contributed by atoms with E-state index < -0.39 is 0 Å². The van der Waals surface area contributed by atoms with Gasteiger partial charge in [0, 0.05) is 23.4 Å². The second-order valence-electron chi connectivity index (χ2n) is 3.61. The quantitative estimate of drug-likeness (QED) is 0.867. The molecule has 0 radical (unpaired) electrons. The number of nitrogens with one attached hydrogen (secondary N) is 1. The van der Waals surface area contributed by atoms with E-state index in [2.05, 4.69) is 27.9 Å². The minimum atomic E-state index is -0.194. The molecule has 1 amide bonds. The normalized spacial score (nSPS) is 12.0. The van der Waals surface area contributed by atoms with Crippen LogP contribution in [0.5, 0.6) is 0 Å². The van der Waals surface area contributed by atoms with Crippen LogP contribution in [0, 0.1) is 3.57 Å². The van der Waals surface area contributed by atoms with Crippen LogP contribution < -0.4 is 5.32 Å². The number of carbonyl (C=O) groups excluding carboxylic acids is 1.